The van der Waals surface area contributed by atoms with Crippen molar-refractivity contribution in [1.29, 1.82) is 0 Å². The van der Waals surface area contributed by atoms with Crippen molar-refractivity contribution in [2.75, 3.05) is 26.4 Å². The minimum Gasteiger partial charge on any atom is -0.309 e. The van der Waals surface area contributed by atoms with Crippen LogP contribution in [0.4, 0.5) is 0 Å². The molecule has 0 N–H and O–H groups in total. The van der Waals surface area contributed by atoms with Crippen molar-refractivity contribution in [3.05, 3.63) is 58.2 Å². The molecule has 0 saturated carbocycles. The van der Waals surface area contributed by atoms with E-state index in [1.807, 2.05) is 23.9 Å². The summed E-state index contributed by atoms with van der Waals surface area (Å²) >= 11 is 7.94. The van der Waals surface area contributed by atoms with Crippen molar-refractivity contribution in [1.82, 2.24) is 9.88 Å². The summed E-state index contributed by atoms with van der Waals surface area (Å²) in [5.74, 6) is 1.60. The summed E-state index contributed by atoms with van der Waals surface area (Å²) < 4.78 is 0. The van der Waals surface area contributed by atoms with Gasteiger partial charge in [-0.2, -0.15) is 0 Å². The molecule has 2 aromatic rings. The van der Waals surface area contributed by atoms with Crippen LogP contribution in [0.15, 0.2) is 41.4 Å². The zero-order chi connectivity index (χ0) is 19.6. The van der Waals surface area contributed by atoms with Crippen LogP contribution in [0.2, 0.25) is 5.02 Å². The second kappa shape index (κ2) is 11.7. The Bertz CT molecular complexity index is 683. The van der Waals surface area contributed by atoms with Gasteiger partial charge in [0.15, 0.2) is 0 Å². The fourth-order valence-corrected chi connectivity index (χ4v) is 4.10. The van der Waals surface area contributed by atoms with E-state index in [1.54, 1.807) is 0 Å². The number of hydrogen-bond acceptors (Lipinski definition) is 3. The van der Waals surface area contributed by atoms with E-state index in [-0.39, 0.29) is 0 Å². The molecule has 148 valence electrons. The van der Waals surface area contributed by atoms with Gasteiger partial charge in [0.05, 0.1) is 5.03 Å². The van der Waals surface area contributed by atoms with E-state index in [0.717, 1.165) is 17.2 Å². The largest absolute Gasteiger partial charge is 0.309 e. The molecule has 0 unspecified atom stereocenters. The third-order valence-corrected chi connectivity index (χ3v) is 5.97. The number of hydrogen-bond donors (Lipinski definition) is 0. The third kappa shape index (κ3) is 8.25. The Labute approximate surface area is 174 Å². The van der Waals surface area contributed by atoms with Crippen molar-refractivity contribution < 1.29 is 0 Å². The summed E-state index contributed by atoms with van der Waals surface area (Å²) in [7, 11) is 4.29. The number of benzene rings is 1. The molecule has 1 aromatic heterocycles. The maximum atomic E-state index is 6.02. The van der Waals surface area contributed by atoms with Gasteiger partial charge in [-0.25, -0.2) is 4.98 Å². The zero-order valence-corrected chi connectivity index (χ0v) is 18.7. The monoisotopic (exact) mass is 404 g/mol. The quantitative estimate of drug-likeness (QED) is 0.307. The lowest BCUT2D eigenvalue weighted by molar-refractivity contribution is 0.391. The van der Waals surface area contributed by atoms with E-state index in [0.29, 0.717) is 5.92 Å². The van der Waals surface area contributed by atoms with Crippen molar-refractivity contribution >= 4 is 23.4 Å². The predicted octanol–water partition coefficient (Wildman–Crippen LogP) is 6.66. The minimum atomic E-state index is 0.458. The molecular formula is C23H33ClN2S. The lowest BCUT2D eigenvalue weighted by Crippen LogP contribution is -2.12. The molecule has 27 heavy (non-hydrogen) atoms. The van der Waals surface area contributed by atoms with E-state index in [1.165, 1.54) is 54.1 Å². The summed E-state index contributed by atoms with van der Waals surface area (Å²) in [4.78, 5) is 7.24. The van der Waals surface area contributed by atoms with Gasteiger partial charge in [0.2, 0.25) is 0 Å². The van der Waals surface area contributed by atoms with E-state index >= 15 is 0 Å². The lowest BCUT2D eigenvalue weighted by Gasteiger charge is -2.13. The summed E-state index contributed by atoms with van der Waals surface area (Å²) in [6.07, 6.45) is 6.08. The first-order valence-corrected chi connectivity index (χ1v) is 11.3. The van der Waals surface area contributed by atoms with Crippen LogP contribution in [0, 0.1) is 0 Å². The number of unbranched alkanes of at least 4 members (excludes halogenated alkanes) is 3. The summed E-state index contributed by atoms with van der Waals surface area (Å²) in [5, 5.41) is 1.99. The number of halogens is 1. The highest BCUT2D eigenvalue weighted by Gasteiger charge is 2.10. The average molecular weight is 405 g/mol. The molecule has 0 saturated heterocycles. The summed E-state index contributed by atoms with van der Waals surface area (Å²) in [6.45, 7) is 5.61. The highest BCUT2D eigenvalue weighted by Crippen LogP contribution is 2.27. The highest BCUT2D eigenvalue weighted by molar-refractivity contribution is 7.99. The molecule has 0 aliphatic heterocycles. The Balaban J connectivity index is 1.95. The molecule has 0 atom stereocenters. The molecule has 0 aliphatic rings. The number of nitrogens with zero attached hydrogens (tertiary/aromatic N) is 2. The van der Waals surface area contributed by atoms with Crippen LogP contribution in [-0.4, -0.2) is 36.3 Å². The van der Waals surface area contributed by atoms with Crippen LogP contribution in [0.1, 0.15) is 62.3 Å². The van der Waals surface area contributed by atoms with E-state index in [4.69, 9.17) is 16.6 Å². The topological polar surface area (TPSA) is 16.1 Å². The molecule has 0 aliphatic carbocycles. The van der Waals surface area contributed by atoms with Crippen molar-refractivity contribution in [2.45, 2.75) is 56.9 Å². The SMILES string of the molecule is CC(C)c1ccc(Cc2ccc(Cl)cc2)c(SCCCCCCN(C)C)n1. The number of aromatic nitrogens is 1. The van der Waals surface area contributed by atoms with E-state index < -0.39 is 0 Å². The molecule has 0 bridgehead atoms. The van der Waals surface area contributed by atoms with Gasteiger partial charge in [0.25, 0.3) is 0 Å². The standard InChI is InChI=1S/C23H33ClN2S/c1-18(2)22-14-11-20(17-19-9-12-21(24)13-10-19)23(25-22)27-16-8-6-5-7-15-26(3)4/h9-14,18H,5-8,15-17H2,1-4H3. The van der Waals surface area contributed by atoms with E-state index in [2.05, 4.69) is 57.1 Å². The van der Waals surface area contributed by atoms with Crippen LogP contribution in [0.5, 0.6) is 0 Å². The van der Waals surface area contributed by atoms with Gasteiger partial charge in [0.1, 0.15) is 0 Å². The molecule has 2 rings (SSSR count). The van der Waals surface area contributed by atoms with Crippen molar-refractivity contribution in [2.24, 2.45) is 0 Å². The molecule has 0 spiro atoms. The first-order chi connectivity index (χ1) is 13.0. The van der Waals surface area contributed by atoms with Crippen LogP contribution in [-0.2, 0) is 6.42 Å². The number of pyridine rings is 1. The molecule has 0 fully saturated rings. The maximum absolute atomic E-state index is 6.02. The molecular weight excluding hydrogens is 372 g/mol. The Morgan fingerprint density at radius 1 is 0.963 bits per heavy atom. The Kier molecular flexibility index (Phi) is 9.67. The van der Waals surface area contributed by atoms with Crippen molar-refractivity contribution in [3.8, 4) is 0 Å². The molecule has 1 aromatic carbocycles. The fourth-order valence-electron chi connectivity index (χ4n) is 2.94. The third-order valence-electron chi connectivity index (χ3n) is 4.60. The van der Waals surface area contributed by atoms with Gasteiger partial charge < -0.3 is 4.90 Å². The first kappa shape index (κ1) is 22.3. The van der Waals surface area contributed by atoms with Gasteiger partial charge in [0, 0.05) is 17.1 Å². The van der Waals surface area contributed by atoms with Gasteiger partial charge >= 0.3 is 0 Å². The Morgan fingerprint density at radius 3 is 2.33 bits per heavy atom. The smallest absolute Gasteiger partial charge is 0.0998 e. The molecule has 0 radical (unpaired) electrons. The predicted molar refractivity (Wildman–Crippen MR) is 120 cm³/mol. The second-order valence-corrected chi connectivity index (χ2v) is 9.24. The van der Waals surface area contributed by atoms with Crippen LogP contribution < -0.4 is 0 Å². The molecule has 4 heteroatoms. The van der Waals surface area contributed by atoms with Crippen molar-refractivity contribution in [3.63, 3.8) is 0 Å². The van der Waals surface area contributed by atoms with Crippen LogP contribution in [0.25, 0.3) is 0 Å². The Morgan fingerprint density at radius 2 is 1.67 bits per heavy atom. The average Bonchev–Trinajstić information content (AvgIpc) is 2.63. The summed E-state index contributed by atoms with van der Waals surface area (Å²) in [6, 6.07) is 12.6. The van der Waals surface area contributed by atoms with Gasteiger partial charge in [-0.15, -0.1) is 11.8 Å². The highest BCUT2D eigenvalue weighted by atomic mass is 35.5. The summed E-state index contributed by atoms with van der Waals surface area (Å²) in [5.41, 5.74) is 3.78. The lowest BCUT2D eigenvalue weighted by atomic mass is 10.0. The second-order valence-electron chi connectivity index (χ2n) is 7.72. The van der Waals surface area contributed by atoms with Crippen LogP contribution >= 0.6 is 23.4 Å². The normalized spacial score (nSPS) is 11.5. The Hall–Kier alpha value is -1.03. The molecule has 2 nitrogen and oxygen atoms in total. The molecule has 1 heterocycles. The molecule has 0 amide bonds. The minimum absolute atomic E-state index is 0.458. The van der Waals surface area contributed by atoms with Gasteiger partial charge in [-0.05, 0) is 74.5 Å². The van der Waals surface area contributed by atoms with Crippen LogP contribution in [0.3, 0.4) is 0 Å². The number of rotatable bonds is 11. The van der Waals surface area contributed by atoms with Gasteiger partial charge in [-0.3, -0.25) is 0 Å². The maximum Gasteiger partial charge on any atom is 0.0998 e. The first-order valence-electron chi connectivity index (χ1n) is 9.97. The zero-order valence-electron chi connectivity index (χ0n) is 17.2. The van der Waals surface area contributed by atoms with E-state index in [9.17, 15) is 0 Å². The number of thioether (sulfide) groups is 1. The fraction of sp³-hybridized carbons (Fsp3) is 0.522. The van der Waals surface area contributed by atoms with Gasteiger partial charge in [-0.1, -0.05) is 56.5 Å².